The number of halogens is 4. The number of aromatic nitrogens is 5. The number of ether oxygens (including phenoxy) is 1. The number of methoxy groups -OCH3 is 1. The van der Waals surface area contributed by atoms with E-state index in [0.29, 0.717) is 21.7 Å². The Bertz CT molecular complexity index is 1950. The van der Waals surface area contributed by atoms with Gasteiger partial charge in [-0.3, -0.25) is 18.6 Å². The molecule has 3 aromatic carbocycles. The molecule has 0 fully saturated rings. The zero-order valence-corrected chi connectivity index (χ0v) is 23.7. The Kier molecular flexibility index (Phi) is 7.46. The number of aliphatic hydroxyl groups is 1. The Morgan fingerprint density at radius 2 is 1.69 bits per heavy atom. The van der Waals surface area contributed by atoms with Crippen molar-refractivity contribution < 1.29 is 23.0 Å². The Morgan fingerprint density at radius 1 is 1.00 bits per heavy atom. The summed E-state index contributed by atoms with van der Waals surface area (Å²) in [6.07, 6.45) is 1.41. The molecule has 0 saturated carbocycles. The molecule has 42 heavy (non-hydrogen) atoms. The number of rotatable bonds is 7. The van der Waals surface area contributed by atoms with Gasteiger partial charge in [0.1, 0.15) is 17.5 Å². The van der Waals surface area contributed by atoms with Crippen LogP contribution in [0.3, 0.4) is 0 Å². The summed E-state index contributed by atoms with van der Waals surface area (Å²) in [6, 6.07) is 9.58. The van der Waals surface area contributed by atoms with Crippen LogP contribution in [0.2, 0.25) is 5.02 Å². The molecule has 2 aromatic heterocycles. The van der Waals surface area contributed by atoms with E-state index >= 15 is 0 Å². The number of nitrogens with zero attached hydrogens (tertiary/aromatic N) is 5. The lowest BCUT2D eigenvalue weighted by Crippen LogP contribution is -2.41. The summed E-state index contributed by atoms with van der Waals surface area (Å²) in [4.78, 5) is 31.7. The molecule has 0 bridgehead atoms. The molecule has 2 heterocycles. The zero-order valence-electron chi connectivity index (χ0n) is 23.0. The number of fused-ring (bicyclic) bond motifs is 1. The largest absolute Gasteiger partial charge is 0.496 e. The fraction of sp³-hybridized carbons (Fsp3) is 0.241. The summed E-state index contributed by atoms with van der Waals surface area (Å²) >= 11 is 6.54. The fourth-order valence-electron chi connectivity index (χ4n) is 4.71. The molecule has 13 heteroatoms. The van der Waals surface area contributed by atoms with Crippen LogP contribution >= 0.6 is 11.6 Å². The molecular formula is C29H25ClF3N5O4. The van der Waals surface area contributed by atoms with Crippen molar-refractivity contribution in [2.45, 2.75) is 32.5 Å². The van der Waals surface area contributed by atoms with E-state index in [1.807, 2.05) is 0 Å². The van der Waals surface area contributed by atoms with Crippen molar-refractivity contribution in [3.63, 3.8) is 0 Å². The highest BCUT2D eigenvalue weighted by Crippen LogP contribution is 2.36. The molecule has 5 aromatic rings. The van der Waals surface area contributed by atoms with Crippen molar-refractivity contribution >= 4 is 22.5 Å². The van der Waals surface area contributed by atoms with Gasteiger partial charge in [-0.2, -0.15) is 5.10 Å². The quantitative estimate of drug-likeness (QED) is 0.279. The number of aryl methyl sites for hydroxylation is 1. The van der Waals surface area contributed by atoms with Gasteiger partial charge < -0.3 is 9.84 Å². The molecule has 0 aliphatic heterocycles. The minimum absolute atomic E-state index is 0.00500. The first-order valence-corrected chi connectivity index (χ1v) is 13.0. The SMILES string of the molecule is COc1cc(-c2cc(C(C)(C)O)ccc2Cl)cc2c1c(=O)n(Cc1ncn(C)n1)c(=O)n2Cc1cc(F)c(F)c(F)c1. The predicted molar refractivity (Wildman–Crippen MR) is 150 cm³/mol. The van der Waals surface area contributed by atoms with Crippen molar-refractivity contribution in [2.75, 3.05) is 7.11 Å². The second-order valence-electron chi connectivity index (χ2n) is 10.3. The van der Waals surface area contributed by atoms with Gasteiger partial charge in [-0.05, 0) is 66.9 Å². The lowest BCUT2D eigenvalue weighted by Gasteiger charge is -2.20. The van der Waals surface area contributed by atoms with Crippen LogP contribution in [0.4, 0.5) is 13.2 Å². The van der Waals surface area contributed by atoms with Crippen LogP contribution in [0.15, 0.2) is 58.4 Å². The Balaban J connectivity index is 1.83. The molecule has 0 atom stereocenters. The normalized spacial score (nSPS) is 11.8. The molecule has 0 unspecified atom stereocenters. The van der Waals surface area contributed by atoms with E-state index in [2.05, 4.69) is 10.1 Å². The van der Waals surface area contributed by atoms with Crippen molar-refractivity contribution in [1.82, 2.24) is 23.9 Å². The van der Waals surface area contributed by atoms with Gasteiger partial charge in [-0.25, -0.2) is 22.9 Å². The molecular weight excluding hydrogens is 575 g/mol. The molecule has 0 amide bonds. The first kappa shape index (κ1) is 29.1. The molecule has 0 saturated heterocycles. The standard InChI is InChI=1S/C29H25ClF3N5O4/c1-29(2,41)17-5-6-19(30)18(11-17)16-9-22-25(23(10-16)42-4)27(39)38(13-24-34-14-36(3)35-24)28(40)37(22)12-15-7-20(31)26(33)21(32)8-15/h5-11,14,41H,12-13H2,1-4H3. The molecule has 0 radical (unpaired) electrons. The second kappa shape index (κ2) is 10.8. The number of hydrogen-bond acceptors (Lipinski definition) is 6. The molecule has 1 N–H and O–H groups in total. The zero-order chi connectivity index (χ0) is 30.5. The summed E-state index contributed by atoms with van der Waals surface area (Å²) in [5.74, 6) is -4.24. The maximum Gasteiger partial charge on any atom is 0.332 e. The van der Waals surface area contributed by atoms with E-state index < -0.39 is 40.8 Å². The first-order chi connectivity index (χ1) is 19.8. The summed E-state index contributed by atoms with van der Waals surface area (Å²) in [7, 11) is 2.97. The maximum absolute atomic E-state index is 14.1. The van der Waals surface area contributed by atoms with Crippen LogP contribution in [0.25, 0.3) is 22.0 Å². The minimum Gasteiger partial charge on any atom is -0.496 e. The van der Waals surface area contributed by atoms with Gasteiger partial charge >= 0.3 is 5.69 Å². The predicted octanol–water partition coefficient (Wildman–Crippen LogP) is 4.36. The van der Waals surface area contributed by atoms with E-state index in [1.165, 1.54) is 24.2 Å². The first-order valence-electron chi connectivity index (χ1n) is 12.6. The van der Waals surface area contributed by atoms with E-state index in [1.54, 1.807) is 45.2 Å². The Morgan fingerprint density at radius 3 is 2.29 bits per heavy atom. The van der Waals surface area contributed by atoms with Crippen LogP contribution in [0, 0.1) is 17.5 Å². The van der Waals surface area contributed by atoms with Crippen molar-refractivity contribution in [3.8, 4) is 16.9 Å². The van der Waals surface area contributed by atoms with Crippen molar-refractivity contribution in [2.24, 2.45) is 7.05 Å². The third-order valence-electron chi connectivity index (χ3n) is 6.83. The van der Waals surface area contributed by atoms with Crippen LogP contribution in [0.5, 0.6) is 5.75 Å². The van der Waals surface area contributed by atoms with E-state index in [9.17, 15) is 27.9 Å². The molecule has 9 nitrogen and oxygen atoms in total. The maximum atomic E-state index is 14.1. The van der Waals surface area contributed by atoms with Crippen LogP contribution in [-0.2, 0) is 25.7 Å². The van der Waals surface area contributed by atoms with Gasteiger partial charge in [-0.15, -0.1) is 0 Å². The molecule has 218 valence electrons. The average molecular weight is 600 g/mol. The van der Waals surface area contributed by atoms with Gasteiger partial charge in [0.25, 0.3) is 5.56 Å². The third-order valence-corrected chi connectivity index (χ3v) is 7.16. The Hall–Kier alpha value is -4.42. The van der Waals surface area contributed by atoms with Crippen molar-refractivity contribution in [3.05, 3.63) is 109 Å². The molecule has 0 aliphatic carbocycles. The molecule has 5 rings (SSSR count). The van der Waals surface area contributed by atoms with E-state index in [-0.39, 0.29) is 34.6 Å². The van der Waals surface area contributed by atoms with Gasteiger partial charge in [0.15, 0.2) is 23.3 Å². The third kappa shape index (κ3) is 5.30. The summed E-state index contributed by atoms with van der Waals surface area (Å²) in [5.41, 5.74) is -1.29. The van der Waals surface area contributed by atoms with Crippen LogP contribution < -0.4 is 16.0 Å². The number of benzene rings is 3. The second-order valence-corrected chi connectivity index (χ2v) is 10.7. The van der Waals surface area contributed by atoms with Crippen molar-refractivity contribution in [1.29, 1.82) is 0 Å². The highest BCUT2D eigenvalue weighted by Gasteiger charge is 2.23. The lowest BCUT2D eigenvalue weighted by molar-refractivity contribution is 0.0786. The molecule has 0 aliphatic rings. The summed E-state index contributed by atoms with van der Waals surface area (Å²) in [6.45, 7) is 2.49. The van der Waals surface area contributed by atoms with Gasteiger partial charge in [0, 0.05) is 17.6 Å². The minimum atomic E-state index is -1.65. The monoisotopic (exact) mass is 599 g/mol. The van der Waals surface area contributed by atoms with Gasteiger partial charge in [-0.1, -0.05) is 17.7 Å². The van der Waals surface area contributed by atoms with E-state index in [0.717, 1.165) is 21.3 Å². The average Bonchev–Trinajstić information content (AvgIpc) is 3.35. The smallest absolute Gasteiger partial charge is 0.332 e. The van der Waals surface area contributed by atoms with Gasteiger partial charge in [0.05, 0.1) is 31.3 Å². The lowest BCUT2D eigenvalue weighted by atomic mass is 9.93. The number of hydrogen-bond donors (Lipinski definition) is 1. The molecule has 0 spiro atoms. The fourth-order valence-corrected chi connectivity index (χ4v) is 4.94. The highest BCUT2D eigenvalue weighted by molar-refractivity contribution is 6.33. The van der Waals surface area contributed by atoms with Gasteiger partial charge in [0.2, 0.25) is 0 Å². The Labute approximate surface area is 242 Å². The van der Waals surface area contributed by atoms with Crippen LogP contribution in [0.1, 0.15) is 30.8 Å². The summed E-state index contributed by atoms with van der Waals surface area (Å²) < 4.78 is 51.0. The van der Waals surface area contributed by atoms with E-state index in [4.69, 9.17) is 16.3 Å². The topological polar surface area (TPSA) is 104 Å². The highest BCUT2D eigenvalue weighted by atomic mass is 35.5. The summed E-state index contributed by atoms with van der Waals surface area (Å²) in [5, 5.41) is 15.0. The van der Waals surface area contributed by atoms with Crippen LogP contribution in [-0.4, -0.2) is 36.1 Å².